The van der Waals surface area contributed by atoms with Crippen molar-refractivity contribution in [3.8, 4) is 11.1 Å². The molecule has 4 heteroatoms. The summed E-state index contributed by atoms with van der Waals surface area (Å²) in [6.45, 7) is 4.94. The van der Waals surface area contributed by atoms with Crippen LogP contribution in [0.25, 0.3) is 17.2 Å². The van der Waals surface area contributed by atoms with Crippen molar-refractivity contribution in [2.45, 2.75) is 25.7 Å². The second-order valence-corrected chi connectivity index (χ2v) is 7.63. The first-order valence-corrected chi connectivity index (χ1v) is 10.2. The van der Waals surface area contributed by atoms with Gasteiger partial charge in [0.25, 0.3) is 0 Å². The number of nitrogens with zero attached hydrogens (tertiary/aromatic N) is 3. The van der Waals surface area contributed by atoms with E-state index in [2.05, 4.69) is 46.3 Å². The molecule has 0 radical (unpaired) electrons. The van der Waals surface area contributed by atoms with E-state index in [-0.39, 0.29) is 5.82 Å². The number of benzene rings is 2. The lowest BCUT2D eigenvalue weighted by molar-refractivity contribution is 0.226. The molecule has 3 aromatic rings. The van der Waals surface area contributed by atoms with Gasteiger partial charge in [0.2, 0.25) is 0 Å². The quantitative estimate of drug-likeness (QED) is 0.580. The lowest BCUT2D eigenvalue weighted by atomic mass is 9.90. The van der Waals surface area contributed by atoms with Crippen molar-refractivity contribution in [3.63, 3.8) is 0 Å². The Balaban J connectivity index is 1.51. The molecule has 1 aromatic heterocycles. The van der Waals surface area contributed by atoms with Crippen molar-refractivity contribution in [2.24, 2.45) is 0 Å². The fraction of sp³-hybridized carbons (Fsp3) is 0.280. The minimum atomic E-state index is -0.225. The maximum atomic E-state index is 13.4. The van der Waals surface area contributed by atoms with E-state index in [0.29, 0.717) is 5.92 Å². The van der Waals surface area contributed by atoms with Gasteiger partial charge in [0, 0.05) is 30.8 Å². The standard InChI is InChI=1S/C25H26FN3/c1-19-27-17-24(21-11-13-23(26)14-12-21)25(28-19)22-10-6-16-29(18-22)15-5-9-20-7-3-2-4-8-20/h2-5,7-9,11-14,17,22H,6,10,15-16,18H2,1H3/b9-5+/t22-/m0/s1. The number of likely N-dealkylation sites (tertiary alicyclic amines) is 1. The summed E-state index contributed by atoms with van der Waals surface area (Å²) in [6.07, 6.45) is 8.57. The number of hydrogen-bond acceptors (Lipinski definition) is 3. The number of halogens is 1. The lowest BCUT2D eigenvalue weighted by Gasteiger charge is -2.32. The molecule has 0 spiro atoms. The van der Waals surface area contributed by atoms with E-state index in [1.54, 1.807) is 0 Å². The Bertz CT molecular complexity index is 967. The molecule has 148 valence electrons. The van der Waals surface area contributed by atoms with Crippen LogP contribution in [0, 0.1) is 12.7 Å². The highest BCUT2D eigenvalue weighted by molar-refractivity contribution is 5.65. The fourth-order valence-electron chi connectivity index (χ4n) is 4.00. The average Bonchev–Trinajstić information content (AvgIpc) is 2.75. The molecule has 1 aliphatic rings. The number of aryl methyl sites for hydroxylation is 1. The molecular weight excluding hydrogens is 361 g/mol. The summed E-state index contributed by atoms with van der Waals surface area (Å²) in [5.41, 5.74) is 4.30. The second kappa shape index (κ2) is 9.10. The van der Waals surface area contributed by atoms with Crippen molar-refractivity contribution in [1.29, 1.82) is 0 Å². The van der Waals surface area contributed by atoms with Gasteiger partial charge >= 0.3 is 0 Å². The largest absolute Gasteiger partial charge is 0.299 e. The summed E-state index contributed by atoms with van der Waals surface area (Å²) < 4.78 is 13.4. The zero-order valence-electron chi connectivity index (χ0n) is 16.8. The van der Waals surface area contributed by atoms with Crippen molar-refractivity contribution in [1.82, 2.24) is 14.9 Å². The van der Waals surface area contributed by atoms with E-state index in [1.807, 2.05) is 31.3 Å². The molecule has 0 unspecified atom stereocenters. The molecule has 0 aliphatic carbocycles. The molecule has 4 rings (SSSR count). The Morgan fingerprint density at radius 3 is 2.69 bits per heavy atom. The molecule has 3 nitrogen and oxygen atoms in total. The fourth-order valence-corrected chi connectivity index (χ4v) is 4.00. The van der Waals surface area contributed by atoms with Crippen LogP contribution in [0.1, 0.15) is 35.8 Å². The van der Waals surface area contributed by atoms with E-state index in [9.17, 15) is 4.39 Å². The van der Waals surface area contributed by atoms with Crippen LogP contribution in [-0.4, -0.2) is 34.5 Å². The summed E-state index contributed by atoms with van der Waals surface area (Å²) in [5, 5.41) is 0. The predicted molar refractivity (Wildman–Crippen MR) is 116 cm³/mol. The molecule has 29 heavy (non-hydrogen) atoms. The molecule has 0 N–H and O–H groups in total. The topological polar surface area (TPSA) is 29.0 Å². The minimum Gasteiger partial charge on any atom is -0.299 e. The highest BCUT2D eigenvalue weighted by Crippen LogP contribution is 2.33. The van der Waals surface area contributed by atoms with Crippen LogP contribution in [0.3, 0.4) is 0 Å². The van der Waals surface area contributed by atoms with Gasteiger partial charge in [-0.1, -0.05) is 54.6 Å². The monoisotopic (exact) mass is 387 g/mol. The van der Waals surface area contributed by atoms with Gasteiger partial charge in [-0.25, -0.2) is 14.4 Å². The third-order valence-electron chi connectivity index (χ3n) is 5.46. The van der Waals surface area contributed by atoms with Crippen LogP contribution in [0.15, 0.2) is 66.9 Å². The Labute approximate surface area is 171 Å². The van der Waals surface area contributed by atoms with Gasteiger partial charge in [-0.05, 0) is 49.6 Å². The molecule has 0 saturated carbocycles. The van der Waals surface area contributed by atoms with Crippen molar-refractivity contribution in [2.75, 3.05) is 19.6 Å². The van der Waals surface area contributed by atoms with Crippen LogP contribution >= 0.6 is 0 Å². The summed E-state index contributed by atoms with van der Waals surface area (Å²) >= 11 is 0. The lowest BCUT2D eigenvalue weighted by Crippen LogP contribution is -2.35. The third kappa shape index (κ3) is 4.96. The maximum absolute atomic E-state index is 13.4. The molecule has 1 saturated heterocycles. The van der Waals surface area contributed by atoms with Crippen molar-refractivity contribution < 1.29 is 4.39 Å². The molecule has 0 bridgehead atoms. The highest BCUT2D eigenvalue weighted by Gasteiger charge is 2.25. The van der Waals surface area contributed by atoms with Gasteiger partial charge in [0.15, 0.2) is 0 Å². The van der Waals surface area contributed by atoms with E-state index < -0.39 is 0 Å². The zero-order valence-corrected chi connectivity index (χ0v) is 16.8. The summed E-state index contributed by atoms with van der Waals surface area (Å²) in [5.74, 6) is 0.917. The number of rotatable bonds is 5. The molecule has 2 heterocycles. The molecular formula is C25H26FN3. The summed E-state index contributed by atoms with van der Waals surface area (Å²) in [7, 11) is 0. The second-order valence-electron chi connectivity index (χ2n) is 7.63. The van der Waals surface area contributed by atoms with Gasteiger partial charge in [-0.3, -0.25) is 4.90 Å². The van der Waals surface area contributed by atoms with Gasteiger partial charge in [-0.15, -0.1) is 0 Å². The molecule has 2 aromatic carbocycles. The Morgan fingerprint density at radius 2 is 1.90 bits per heavy atom. The molecule has 1 atom stereocenters. The normalized spacial score (nSPS) is 17.7. The van der Waals surface area contributed by atoms with Crippen LogP contribution in [0.4, 0.5) is 4.39 Å². The van der Waals surface area contributed by atoms with Crippen molar-refractivity contribution >= 4 is 6.08 Å². The van der Waals surface area contributed by atoms with Gasteiger partial charge < -0.3 is 0 Å². The van der Waals surface area contributed by atoms with E-state index in [1.165, 1.54) is 17.7 Å². The van der Waals surface area contributed by atoms with E-state index >= 15 is 0 Å². The first kappa shape index (κ1) is 19.5. The van der Waals surface area contributed by atoms with Crippen molar-refractivity contribution in [3.05, 3.63) is 89.8 Å². The Kier molecular flexibility index (Phi) is 6.11. The van der Waals surface area contributed by atoms with Gasteiger partial charge in [0.1, 0.15) is 11.6 Å². The zero-order chi connectivity index (χ0) is 20.1. The van der Waals surface area contributed by atoms with E-state index in [0.717, 1.165) is 55.1 Å². The SMILES string of the molecule is Cc1ncc(-c2ccc(F)cc2)c([C@H]2CCCN(C/C=C/c3ccccc3)C2)n1. The smallest absolute Gasteiger partial charge is 0.125 e. The van der Waals surface area contributed by atoms with Crippen LogP contribution in [-0.2, 0) is 0 Å². The van der Waals surface area contributed by atoms with Crippen LogP contribution < -0.4 is 0 Å². The summed E-state index contributed by atoms with van der Waals surface area (Å²) in [6, 6.07) is 17.0. The Morgan fingerprint density at radius 1 is 1.10 bits per heavy atom. The highest BCUT2D eigenvalue weighted by atomic mass is 19.1. The maximum Gasteiger partial charge on any atom is 0.125 e. The van der Waals surface area contributed by atoms with Gasteiger partial charge in [-0.2, -0.15) is 0 Å². The van der Waals surface area contributed by atoms with Gasteiger partial charge in [0.05, 0.1) is 5.69 Å². The molecule has 0 amide bonds. The first-order chi connectivity index (χ1) is 14.2. The molecule has 1 fully saturated rings. The average molecular weight is 388 g/mol. The minimum absolute atomic E-state index is 0.225. The summed E-state index contributed by atoms with van der Waals surface area (Å²) in [4.78, 5) is 11.7. The van der Waals surface area contributed by atoms with Crippen LogP contribution in [0.5, 0.6) is 0 Å². The van der Waals surface area contributed by atoms with Crippen LogP contribution in [0.2, 0.25) is 0 Å². The molecule has 1 aliphatic heterocycles. The Hall–Kier alpha value is -2.85. The first-order valence-electron chi connectivity index (χ1n) is 10.2. The predicted octanol–water partition coefficient (Wildman–Crippen LogP) is 5.48. The third-order valence-corrected chi connectivity index (χ3v) is 5.46. The van der Waals surface area contributed by atoms with E-state index in [4.69, 9.17) is 4.98 Å². The number of hydrogen-bond donors (Lipinski definition) is 0. The number of piperidine rings is 1. The number of aromatic nitrogens is 2.